The Bertz CT molecular complexity index is 767. The lowest BCUT2D eigenvalue weighted by Gasteiger charge is -2.29. The number of esters is 2. The number of benzene rings is 1. The highest BCUT2D eigenvalue weighted by molar-refractivity contribution is 6.10. The summed E-state index contributed by atoms with van der Waals surface area (Å²) >= 11 is 0. The number of methoxy groups -OCH3 is 1. The van der Waals surface area contributed by atoms with Crippen LogP contribution in [0.5, 0.6) is 0 Å². The third-order valence-corrected chi connectivity index (χ3v) is 5.07. The van der Waals surface area contributed by atoms with Crippen molar-refractivity contribution in [3.8, 4) is 0 Å². The molecule has 0 radical (unpaired) electrons. The number of ether oxygens (including phenoxy) is 2. The molecule has 0 bridgehead atoms. The van der Waals surface area contributed by atoms with Gasteiger partial charge in [0.25, 0.3) is 0 Å². The number of nitrogens with two attached hydrogens (primary N) is 2. The van der Waals surface area contributed by atoms with E-state index in [0.29, 0.717) is 5.92 Å². The van der Waals surface area contributed by atoms with Crippen molar-refractivity contribution in [2.75, 3.05) is 7.11 Å². The number of hydrogen-bond acceptors (Lipinski definition) is 7. The van der Waals surface area contributed by atoms with Crippen LogP contribution in [0.3, 0.4) is 0 Å². The Balaban J connectivity index is 2.99. The smallest absolute Gasteiger partial charge is 0.333 e. The first kappa shape index (κ1) is 26.8. The summed E-state index contributed by atoms with van der Waals surface area (Å²) in [7, 11) is 1.18. The standard InChI is InChI=1S/C24H38N2O5/c1-15(2)14-17-8-10-18(11-9-17)16(3)20(27)24(26,22(29)30-7)13-12-19(25)21(28)31-23(4,5)6/h8-11,15-16,19H,12-14,25-26H2,1-7H3. The molecule has 0 spiro atoms. The zero-order valence-electron chi connectivity index (χ0n) is 19.9. The Hall–Kier alpha value is -2.25. The average Bonchev–Trinajstić information content (AvgIpc) is 2.68. The minimum atomic E-state index is -1.91. The second-order valence-corrected chi connectivity index (χ2v) is 9.57. The van der Waals surface area contributed by atoms with Gasteiger partial charge in [-0.1, -0.05) is 45.0 Å². The van der Waals surface area contributed by atoms with Crippen LogP contribution in [0, 0.1) is 5.92 Å². The maximum Gasteiger partial charge on any atom is 0.333 e. The second-order valence-electron chi connectivity index (χ2n) is 9.57. The summed E-state index contributed by atoms with van der Waals surface area (Å²) in [6.07, 6.45) is 0.815. The summed E-state index contributed by atoms with van der Waals surface area (Å²) in [5.41, 5.74) is 11.5. The summed E-state index contributed by atoms with van der Waals surface area (Å²) in [4.78, 5) is 37.9. The Labute approximate surface area is 185 Å². The highest BCUT2D eigenvalue weighted by Crippen LogP contribution is 2.26. The van der Waals surface area contributed by atoms with Crippen LogP contribution in [0.4, 0.5) is 0 Å². The Morgan fingerprint density at radius 2 is 1.58 bits per heavy atom. The van der Waals surface area contributed by atoms with Crippen molar-refractivity contribution >= 4 is 17.7 Å². The van der Waals surface area contributed by atoms with Crippen LogP contribution in [0.2, 0.25) is 0 Å². The molecule has 0 aromatic heterocycles. The zero-order valence-corrected chi connectivity index (χ0v) is 19.9. The molecule has 31 heavy (non-hydrogen) atoms. The minimum absolute atomic E-state index is 0.00625. The van der Waals surface area contributed by atoms with Crippen molar-refractivity contribution in [3.05, 3.63) is 35.4 Å². The van der Waals surface area contributed by atoms with E-state index in [0.717, 1.165) is 12.0 Å². The normalized spacial score (nSPS) is 15.7. The van der Waals surface area contributed by atoms with Gasteiger partial charge in [0.15, 0.2) is 11.3 Å². The third-order valence-electron chi connectivity index (χ3n) is 5.07. The summed E-state index contributed by atoms with van der Waals surface area (Å²) < 4.78 is 10.1. The molecule has 1 aromatic rings. The van der Waals surface area contributed by atoms with Gasteiger partial charge in [-0.2, -0.15) is 0 Å². The molecule has 0 aliphatic rings. The maximum absolute atomic E-state index is 13.3. The first-order chi connectivity index (χ1) is 14.2. The molecule has 1 aromatic carbocycles. The molecule has 7 nitrogen and oxygen atoms in total. The van der Waals surface area contributed by atoms with Gasteiger partial charge in [0.1, 0.15) is 11.6 Å². The molecular weight excluding hydrogens is 396 g/mol. The van der Waals surface area contributed by atoms with E-state index in [9.17, 15) is 14.4 Å². The fraction of sp³-hybridized carbons (Fsp3) is 0.625. The predicted octanol–water partition coefficient (Wildman–Crippen LogP) is 2.88. The number of carbonyl (C=O) groups excluding carboxylic acids is 3. The molecule has 0 saturated carbocycles. The minimum Gasteiger partial charge on any atom is -0.467 e. The molecule has 0 amide bonds. The first-order valence-electron chi connectivity index (χ1n) is 10.7. The predicted molar refractivity (Wildman–Crippen MR) is 120 cm³/mol. The largest absolute Gasteiger partial charge is 0.467 e. The van der Waals surface area contributed by atoms with E-state index < -0.39 is 40.8 Å². The number of rotatable bonds is 10. The van der Waals surface area contributed by atoms with Crippen LogP contribution in [-0.2, 0) is 30.3 Å². The van der Waals surface area contributed by atoms with E-state index in [2.05, 4.69) is 13.8 Å². The Kier molecular flexibility index (Phi) is 9.39. The van der Waals surface area contributed by atoms with Gasteiger partial charge in [-0.25, -0.2) is 4.79 Å². The van der Waals surface area contributed by atoms with Gasteiger partial charge in [-0.3, -0.25) is 9.59 Å². The molecule has 0 heterocycles. The summed E-state index contributed by atoms with van der Waals surface area (Å²) in [5.74, 6) is -2.05. The monoisotopic (exact) mass is 434 g/mol. The molecule has 0 fully saturated rings. The molecule has 7 heteroatoms. The summed E-state index contributed by atoms with van der Waals surface area (Å²) in [6, 6.07) is 6.71. The van der Waals surface area contributed by atoms with Gasteiger partial charge < -0.3 is 20.9 Å². The van der Waals surface area contributed by atoms with Crippen molar-refractivity contribution in [2.24, 2.45) is 17.4 Å². The van der Waals surface area contributed by atoms with Crippen LogP contribution in [0.1, 0.15) is 71.4 Å². The van der Waals surface area contributed by atoms with E-state index in [-0.39, 0.29) is 12.8 Å². The van der Waals surface area contributed by atoms with E-state index in [1.165, 1.54) is 12.7 Å². The van der Waals surface area contributed by atoms with Crippen molar-refractivity contribution in [3.63, 3.8) is 0 Å². The quantitative estimate of drug-likeness (QED) is 0.429. The topological polar surface area (TPSA) is 122 Å². The van der Waals surface area contributed by atoms with Gasteiger partial charge >= 0.3 is 11.9 Å². The molecular formula is C24H38N2O5. The lowest BCUT2D eigenvalue weighted by molar-refractivity contribution is -0.158. The maximum atomic E-state index is 13.3. The van der Waals surface area contributed by atoms with E-state index >= 15 is 0 Å². The van der Waals surface area contributed by atoms with Gasteiger partial charge in [0.2, 0.25) is 0 Å². The van der Waals surface area contributed by atoms with Crippen LogP contribution < -0.4 is 11.5 Å². The van der Waals surface area contributed by atoms with Gasteiger partial charge in [0, 0.05) is 5.92 Å². The highest BCUT2D eigenvalue weighted by atomic mass is 16.6. The first-order valence-corrected chi connectivity index (χ1v) is 10.7. The lowest BCUT2D eigenvalue weighted by atomic mass is 9.80. The molecule has 3 unspecified atom stereocenters. The van der Waals surface area contributed by atoms with Gasteiger partial charge in [-0.15, -0.1) is 0 Å². The molecule has 0 aliphatic heterocycles. The summed E-state index contributed by atoms with van der Waals surface area (Å²) in [5, 5.41) is 0. The lowest BCUT2D eigenvalue weighted by Crippen LogP contribution is -2.57. The van der Waals surface area contributed by atoms with Crippen LogP contribution in [0.25, 0.3) is 0 Å². The number of carbonyl (C=O) groups is 3. The zero-order chi connectivity index (χ0) is 24.0. The number of Topliss-reactive ketones (excluding diaryl/α,β-unsaturated/α-hetero) is 1. The van der Waals surface area contributed by atoms with Crippen molar-refractivity contribution in [1.29, 1.82) is 0 Å². The molecule has 3 atom stereocenters. The number of ketones is 1. The van der Waals surface area contributed by atoms with Crippen LogP contribution in [0.15, 0.2) is 24.3 Å². The highest BCUT2D eigenvalue weighted by Gasteiger charge is 2.45. The van der Waals surface area contributed by atoms with Crippen LogP contribution >= 0.6 is 0 Å². The fourth-order valence-corrected chi connectivity index (χ4v) is 3.34. The van der Waals surface area contributed by atoms with Gasteiger partial charge in [0.05, 0.1) is 7.11 Å². The van der Waals surface area contributed by atoms with E-state index in [4.69, 9.17) is 20.9 Å². The molecule has 0 aliphatic carbocycles. The van der Waals surface area contributed by atoms with Crippen molar-refractivity contribution < 1.29 is 23.9 Å². The Morgan fingerprint density at radius 1 is 1.03 bits per heavy atom. The van der Waals surface area contributed by atoms with Crippen molar-refractivity contribution in [2.45, 2.75) is 83.9 Å². The SMILES string of the molecule is COC(=O)C(N)(CCC(N)C(=O)OC(C)(C)C)C(=O)C(C)c1ccc(CC(C)C)cc1. The van der Waals surface area contributed by atoms with Gasteiger partial charge in [-0.05, 0) is 57.1 Å². The Morgan fingerprint density at radius 3 is 2.03 bits per heavy atom. The summed E-state index contributed by atoms with van der Waals surface area (Å²) in [6.45, 7) is 11.2. The second kappa shape index (κ2) is 10.9. The average molecular weight is 435 g/mol. The fourth-order valence-electron chi connectivity index (χ4n) is 3.34. The van der Waals surface area contributed by atoms with E-state index in [1.807, 2.05) is 24.3 Å². The molecule has 4 N–H and O–H groups in total. The van der Waals surface area contributed by atoms with Crippen LogP contribution in [-0.4, -0.2) is 42.0 Å². The number of hydrogen-bond donors (Lipinski definition) is 2. The molecule has 1 rings (SSSR count). The third kappa shape index (κ3) is 7.74. The molecule has 174 valence electrons. The van der Waals surface area contributed by atoms with Crippen molar-refractivity contribution in [1.82, 2.24) is 0 Å². The molecule has 0 saturated heterocycles. The van der Waals surface area contributed by atoms with E-state index in [1.54, 1.807) is 27.7 Å².